The van der Waals surface area contributed by atoms with Gasteiger partial charge in [-0.3, -0.25) is 9.59 Å². The third-order valence-corrected chi connectivity index (χ3v) is 1.36. The van der Waals surface area contributed by atoms with E-state index in [0.29, 0.717) is 0 Å². The molecule has 0 aromatic rings. The van der Waals surface area contributed by atoms with Gasteiger partial charge in [-0.15, -0.1) is 0 Å². The molecule has 3 N–H and O–H groups in total. The van der Waals surface area contributed by atoms with Crippen molar-refractivity contribution < 1.29 is 14.7 Å². The van der Waals surface area contributed by atoms with Crippen LogP contribution < -0.4 is 5.73 Å². The first kappa shape index (κ1) is 8.42. The average molecular weight is 196 g/mol. The summed E-state index contributed by atoms with van der Waals surface area (Å²) in [5.74, 6) is -1.70. The van der Waals surface area contributed by atoms with Crippen molar-refractivity contribution in [2.75, 3.05) is 0 Å². The number of carboxylic acids is 1. The molecule has 0 radical (unpaired) electrons. The van der Waals surface area contributed by atoms with Crippen molar-refractivity contribution in [1.29, 1.82) is 0 Å². The van der Waals surface area contributed by atoms with Gasteiger partial charge in [0.15, 0.2) is 0 Å². The monoisotopic (exact) mass is 195 g/mol. The summed E-state index contributed by atoms with van der Waals surface area (Å²) < 4.78 is 0. The maximum atomic E-state index is 10.0. The van der Waals surface area contributed by atoms with Gasteiger partial charge in [-0.1, -0.05) is 15.9 Å². The summed E-state index contributed by atoms with van der Waals surface area (Å²) in [6.07, 6.45) is -0.171. The predicted molar refractivity (Wildman–Crippen MR) is 34.2 cm³/mol. The summed E-state index contributed by atoms with van der Waals surface area (Å²) in [6, 6.07) is 0. The summed E-state index contributed by atoms with van der Waals surface area (Å²) in [4.78, 5) is 19.2. The number of carboxylic acid groups (broad SMARTS) is 1. The van der Waals surface area contributed by atoms with E-state index in [4.69, 9.17) is 10.8 Å². The number of hydrogen-bond acceptors (Lipinski definition) is 2. The first-order chi connectivity index (χ1) is 4.04. The van der Waals surface area contributed by atoms with E-state index < -0.39 is 16.7 Å². The first-order valence-corrected chi connectivity index (χ1v) is 3.10. The van der Waals surface area contributed by atoms with Crippen LogP contribution in [0.4, 0.5) is 0 Å². The molecule has 0 aliphatic carbocycles. The topological polar surface area (TPSA) is 80.4 Å². The van der Waals surface area contributed by atoms with Gasteiger partial charge < -0.3 is 10.8 Å². The van der Waals surface area contributed by atoms with Crippen LogP contribution in [0.1, 0.15) is 6.42 Å². The highest BCUT2D eigenvalue weighted by Gasteiger charge is 2.14. The lowest BCUT2D eigenvalue weighted by Crippen LogP contribution is -2.22. The molecule has 0 saturated heterocycles. The van der Waals surface area contributed by atoms with Crippen molar-refractivity contribution in [3.05, 3.63) is 0 Å². The molecule has 0 fully saturated rings. The maximum Gasteiger partial charge on any atom is 0.317 e. The van der Waals surface area contributed by atoms with E-state index in [2.05, 4.69) is 15.9 Å². The molecular weight excluding hydrogens is 190 g/mol. The van der Waals surface area contributed by atoms with E-state index in [9.17, 15) is 9.59 Å². The molecular formula is C4H6BrNO3. The van der Waals surface area contributed by atoms with Gasteiger partial charge in [-0.2, -0.15) is 0 Å². The van der Waals surface area contributed by atoms with Gasteiger partial charge in [0.25, 0.3) is 0 Å². The number of carbonyl (C=O) groups is 2. The SMILES string of the molecule is NC(=O)C[C@@H](Br)C(=O)O. The molecule has 0 aromatic carbocycles. The summed E-state index contributed by atoms with van der Waals surface area (Å²) in [7, 11) is 0. The molecule has 9 heavy (non-hydrogen) atoms. The normalized spacial score (nSPS) is 12.6. The lowest BCUT2D eigenvalue weighted by molar-refractivity contribution is -0.137. The molecule has 0 bridgehead atoms. The van der Waals surface area contributed by atoms with Crippen molar-refractivity contribution >= 4 is 27.8 Å². The Balaban J connectivity index is 3.63. The molecule has 0 aliphatic heterocycles. The van der Waals surface area contributed by atoms with Gasteiger partial charge in [0, 0.05) is 6.42 Å². The Bertz CT molecular complexity index is 136. The van der Waals surface area contributed by atoms with Gasteiger partial charge in [-0.25, -0.2) is 0 Å². The molecule has 0 unspecified atom stereocenters. The zero-order valence-corrected chi connectivity index (χ0v) is 6.09. The third-order valence-electron chi connectivity index (χ3n) is 0.648. The molecule has 52 valence electrons. The number of halogens is 1. The maximum absolute atomic E-state index is 10.0. The summed E-state index contributed by atoms with van der Waals surface area (Å²) in [5.41, 5.74) is 4.70. The second-order valence-electron chi connectivity index (χ2n) is 1.48. The minimum Gasteiger partial charge on any atom is -0.480 e. The molecule has 0 aromatic heterocycles. The number of hydrogen-bond donors (Lipinski definition) is 2. The fourth-order valence-corrected chi connectivity index (χ4v) is 0.583. The van der Waals surface area contributed by atoms with Crippen LogP contribution >= 0.6 is 15.9 Å². The molecule has 0 rings (SSSR count). The van der Waals surface area contributed by atoms with Crippen LogP contribution in [0.25, 0.3) is 0 Å². The van der Waals surface area contributed by atoms with Gasteiger partial charge in [0.2, 0.25) is 5.91 Å². The third kappa shape index (κ3) is 3.96. The highest BCUT2D eigenvalue weighted by Crippen LogP contribution is 2.03. The van der Waals surface area contributed by atoms with Crippen LogP contribution in [0.5, 0.6) is 0 Å². The van der Waals surface area contributed by atoms with Crippen LogP contribution in [0.15, 0.2) is 0 Å². The number of aliphatic carboxylic acids is 1. The molecule has 4 nitrogen and oxygen atoms in total. The van der Waals surface area contributed by atoms with Gasteiger partial charge in [-0.05, 0) is 0 Å². The fourth-order valence-electron chi connectivity index (χ4n) is 0.264. The van der Waals surface area contributed by atoms with Crippen molar-refractivity contribution in [2.24, 2.45) is 5.73 Å². The smallest absolute Gasteiger partial charge is 0.317 e. The van der Waals surface area contributed by atoms with E-state index >= 15 is 0 Å². The first-order valence-electron chi connectivity index (χ1n) is 2.19. The summed E-state index contributed by atoms with van der Waals surface area (Å²) in [6.45, 7) is 0. The van der Waals surface area contributed by atoms with E-state index in [0.717, 1.165) is 0 Å². The molecule has 0 spiro atoms. The molecule has 0 saturated carbocycles. The Morgan fingerprint density at radius 3 is 2.22 bits per heavy atom. The van der Waals surface area contributed by atoms with Crippen LogP contribution in [0.3, 0.4) is 0 Å². The van der Waals surface area contributed by atoms with Crippen LogP contribution in [-0.4, -0.2) is 21.8 Å². The van der Waals surface area contributed by atoms with Gasteiger partial charge in [0.1, 0.15) is 4.83 Å². The summed E-state index contributed by atoms with van der Waals surface area (Å²) in [5, 5.41) is 8.18. The second kappa shape index (κ2) is 3.45. The average Bonchev–Trinajstić information content (AvgIpc) is 1.63. The Morgan fingerprint density at radius 1 is 1.67 bits per heavy atom. The second-order valence-corrected chi connectivity index (χ2v) is 2.58. The molecule has 1 amide bonds. The summed E-state index contributed by atoms with van der Waals surface area (Å²) >= 11 is 2.74. The van der Waals surface area contributed by atoms with E-state index in [1.54, 1.807) is 0 Å². The number of nitrogens with two attached hydrogens (primary N) is 1. The van der Waals surface area contributed by atoms with Crippen LogP contribution in [-0.2, 0) is 9.59 Å². The van der Waals surface area contributed by atoms with Crippen molar-refractivity contribution in [3.63, 3.8) is 0 Å². The zero-order valence-electron chi connectivity index (χ0n) is 4.50. The minimum atomic E-state index is -1.08. The number of primary amides is 1. The van der Waals surface area contributed by atoms with E-state index in [1.165, 1.54) is 0 Å². The minimum absolute atomic E-state index is 0.171. The molecule has 0 heterocycles. The molecule has 1 atom stereocenters. The lowest BCUT2D eigenvalue weighted by Gasteiger charge is -1.97. The number of amides is 1. The Morgan fingerprint density at radius 2 is 2.11 bits per heavy atom. The molecule has 0 aliphatic rings. The highest BCUT2D eigenvalue weighted by molar-refractivity contribution is 9.10. The van der Waals surface area contributed by atoms with Gasteiger partial charge >= 0.3 is 5.97 Å². The predicted octanol–water partition coefficient (Wildman–Crippen LogP) is -0.290. The Labute approximate surface area is 60.2 Å². The Kier molecular flexibility index (Phi) is 3.22. The number of carbonyl (C=O) groups excluding carboxylic acids is 1. The van der Waals surface area contributed by atoms with Crippen LogP contribution in [0, 0.1) is 0 Å². The van der Waals surface area contributed by atoms with E-state index in [1.807, 2.05) is 0 Å². The lowest BCUT2D eigenvalue weighted by atomic mass is 10.3. The van der Waals surface area contributed by atoms with Crippen molar-refractivity contribution in [1.82, 2.24) is 0 Å². The standard InChI is InChI=1S/C4H6BrNO3/c5-2(4(8)9)1-3(6)7/h2H,1H2,(H2,6,7)(H,8,9)/t2-/m1/s1. The number of rotatable bonds is 3. The van der Waals surface area contributed by atoms with Crippen LogP contribution in [0.2, 0.25) is 0 Å². The highest BCUT2D eigenvalue weighted by atomic mass is 79.9. The quantitative estimate of drug-likeness (QED) is 0.608. The zero-order chi connectivity index (χ0) is 7.44. The van der Waals surface area contributed by atoms with E-state index in [-0.39, 0.29) is 6.42 Å². The molecule has 5 heteroatoms. The van der Waals surface area contributed by atoms with Crippen molar-refractivity contribution in [3.8, 4) is 0 Å². The fraction of sp³-hybridized carbons (Fsp3) is 0.500. The van der Waals surface area contributed by atoms with Crippen molar-refractivity contribution in [2.45, 2.75) is 11.2 Å². The van der Waals surface area contributed by atoms with Gasteiger partial charge in [0.05, 0.1) is 0 Å². The number of alkyl halides is 1. The largest absolute Gasteiger partial charge is 0.480 e. The Hall–Kier alpha value is -0.580.